The molecule has 0 spiro atoms. The molecular weight excluding hydrogens is 212 g/mol. The Kier molecular flexibility index (Phi) is 5.18. The molecule has 0 amide bonds. The van der Waals surface area contributed by atoms with Crippen LogP contribution in [0.3, 0.4) is 0 Å². The highest BCUT2D eigenvalue weighted by molar-refractivity contribution is 5.72. The molecule has 5 nitrogen and oxygen atoms in total. The van der Waals surface area contributed by atoms with Crippen molar-refractivity contribution in [3.05, 3.63) is 0 Å². The van der Waals surface area contributed by atoms with Gasteiger partial charge in [0.05, 0.1) is 12.2 Å². The molecule has 16 heavy (non-hydrogen) atoms. The van der Waals surface area contributed by atoms with Crippen LogP contribution in [0.25, 0.3) is 0 Å². The average Bonchev–Trinajstić information content (AvgIpc) is 2.27. The number of methoxy groups -OCH3 is 2. The van der Waals surface area contributed by atoms with Gasteiger partial charge < -0.3 is 19.3 Å². The van der Waals surface area contributed by atoms with Gasteiger partial charge in [-0.1, -0.05) is 0 Å². The third-order valence-electron chi connectivity index (χ3n) is 2.96. The summed E-state index contributed by atoms with van der Waals surface area (Å²) in [6.45, 7) is 1.08. The Bertz CT molecular complexity index is 217. The van der Waals surface area contributed by atoms with E-state index in [0.29, 0.717) is 19.6 Å². The third kappa shape index (κ3) is 3.43. The number of hydrogen-bond donors (Lipinski definition) is 1. The summed E-state index contributed by atoms with van der Waals surface area (Å²) in [5.74, 6) is -0.952. The van der Waals surface area contributed by atoms with Gasteiger partial charge in [0.15, 0.2) is 6.10 Å². The van der Waals surface area contributed by atoms with Crippen LogP contribution in [0.1, 0.15) is 25.7 Å². The molecule has 1 aliphatic rings. The molecule has 0 radical (unpaired) electrons. The van der Waals surface area contributed by atoms with E-state index in [-0.39, 0.29) is 0 Å². The van der Waals surface area contributed by atoms with E-state index >= 15 is 0 Å². The topological polar surface area (TPSA) is 65.0 Å². The van der Waals surface area contributed by atoms with Crippen LogP contribution in [0, 0.1) is 0 Å². The normalized spacial score (nSPS) is 27.6. The molecule has 5 heteroatoms. The molecule has 0 saturated carbocycles. The second-order valence-electron chi connectivity index (χ2n) is 4.19. The van der Waals surface area contributed by atoms with E-state index in [9.17, 15) is 4.79 Å². The summed E-state index contributed by atoms with van der Waals surface area (Å²) in [7, 11) is 3.00. The van der Waals surface area contributed by atoms with Crippen LogP contribution in [0.2, 0.25) is 0 Å². The smallest absolute Gasteiger partial charge is 0.332 e. The number of carboxylic acid groups (broad SMARTS) is 1. The maximum Gasteiger partial charge on any atom is 0.332 e. The Balaban J connectivity index is 2.64. The summed E-state index contributed by atoms with van der Waals surface area (Å²) in [6.07, 6.45) is 2.41. The van der Waals surface area contributed by atoms with E-state index in [1.807, 2.05) is 0 Å². The fraction of sp³-hybridized carbons (Fsp3) is 0.909. The highest BCUT2D eigenvalue weighted by atomic mass is 16.5. The maximum absolute atomic E-state index is 10.9. The van der Waals surface area contributed by atoms with Gasteiger partial charge in [-0.25, -0.2) is 4.79 Å². The minimum absolute atomic E-state index is 0.340. The van der Waals surface area contributed by atoms with Gasteiger partial charge in [0.1, 0.15) is 0 Å². The number of hydrogen-bond acceptors (Lipinski definition) is 4. The number of aliphatic carboxylic acids is 1. The van der Waals surface area contributed by atoms with Crippen LogP contribution < -0.4 is 0 Å². The standard InChI is InChI=1S/C11H20O5/c1-14-8-11(5-3-4-6-16-11)7-9(15-2)10(12)13/h9H,3-8H2,1-2H3,(H,12,13). The first-order chi connectivity index (χ1) is 7.63. The van der Waals surface area contributed by atoms with Gasteiger partial charge in [0.25, 0.3) is 0 Å². The lowest BCUT2D eigenvalue weighted by molar-refractivity contribution is -0.164. The molecule has 0 aromatic heterocycles. The highest BCUT2D eigenvalue weighted by Gasteiger charge is 2.38. The fourth-order valence-corrected chi connectivity index (χ4v) is 2.12. The minimum atomic E-state index is -0.952. The van der Waals surface area contributed by atoms with Gasteiger partial charge in [-0.05, 0) is 19.3 Å². The number of rotatable bonds is 6. The predicted octanol–water partition coefficient (Wildman–Crippen LogP) is 1.06. The molecule has 1 N–H and O–H groups in total. The molecule has 1 saturated heterocycles. The van der Waals surface area contributed by atoms with Crippen molar-refractivity contribution in [1.29, 1.82) is 0 Å². The van der Waals surface area contributed by atoms with Gasteiger partial charge in [0, 0.05) is 27.2 Å². The van der Waals surface area contributed by atoms with Crippen LogP contribution in [0.5, 0.6) is 0 Å². The summed E-state index contributed by atoms with van der Waals surface area (Å²) in [6, 6.07) is 0. The molecule has 1 heterocycles. The first-order valence-electron chi connectivity index (χ1n) is 5.52. The Morgan fingerprint density at radius 3 is 2.69 bits per heavy atom. The third-order valence-corrected chi connectivity index (χ3v) is 2.96. The van der Waals surface area contributed by atoms with Crippen molar-refractivity contribution >= 4 is 5.97 Å². The van der Waals surface area contributed by atoms with E-state index < -0.39 is 17.7 Å². The largest absolute Gasteiger partial charge is 0.479 e. The summed E-state index contributed by atoms with van der Waals surface area (Å²) >= 11 is 0. The quantitative estimate of drug-likeness (QED) is 0.741. The van der Waals surface area contributed by atoms with Crippen molar-refractivity contribution in [2.45, 2.75) is 37.4 Å². The molecule has 0 aromatic rings. The average molecular weight is 232 g/mol. The van der Waals surface area contributed by atoms with Gasteiger partial charge in [-0.2, -0.15) is 0 Å². The van der Waals surface area contributed by atoms with Gasteiger partial charge in [-0.15, -0.1) is 0 Å². The molecule has 94 valence electrons. The van der Waals surface area contributed by atoms with Crippen molar-refractivity contribution < 1.29 is 24.1 Å². The lowest BCUT2D eigenvalue weighted by Gasteiger charge is -2.38. The van der Waals surface area contributed by atoms with Crippen molar-refractivity contribution in [2.75, 3.05) is 27.4 Å². The van der Waals surface area contributed by atoms with Crippen molar-refractivity contribution in [1.82, 2.24) is 0 Å². The fourth-order valence-electron chi connectivity index (χ4n) is 2.12. The zero-order valence-corrected chi connectivity index (χ0v) is 9.90. The van der Waals surface area contributed by atoms with Crippen LogP contribution in [-0.4, -0.2) is 50.2 Å². The molecule has 0 bridgehead atoms. The van der Waals surface area contributed by atoms with Crippen LogP contribution in [-0.2, 0) is 19.0 Å². The summed E-state index contributed by atoms with van der Waals surface area (Å²) in [5.41, 5.74) is -0.494. The molecule has 0 aromatic carbocycles. The van der Waals surface area contributed by atoms with Crippen LogP contribution in [0.15, 0.2) is 0 Å². The maximum atomic E-state index is 10.9. The Labute approximate surface area is 95.7 Å². The Hall–Kier alpha value is -0.650. The molecule has 0 aliphatic carbocycles. The lowest BCUT2D eigenvalue weighted by atomic mass is 9.88. The Morgan fingerprint density at radius 1 is 1.50 bits per heavy atom. The van der Waals surface area contributed by atoms with Crippen LogP contribution >= 0.6 is 0 Å². The second kappa shape index (κ2) is 6.18. The zero-order valence-electron chi connectivity index (χ0n) is 9.90. The first kappa shape index (κ1) is 13.4. The minimum Gasteiger partial charge on any atom is -0.479 e. The van der Waals surface area contributed by atoms with E-state index in [4.69, 9.17) is 19.3 Å². The number of carbonyl (C=O) groups is 1. The van der Waals surface area contributed by atoms with Crippen molar-refractivity contribution in [2.24, 2.45) is 0 Å². The summed E-state index contributed by atoms with van der Waals surface area (Å²) in [4.78, 5) is 10.9. The first-order valence-corrected chi connectivity index (χ1v) is 5.52. The molecule has 1 aliphatic heterocycles. The summed E-state index contributed by atoms with van der Waals surface area (Å²) < 4.78 is 15.8. The molecule has 2 unspecified atom stereocenters. The van der Waals surface area contributed by atoms with E-state index in [2.05, 4.69) is 0 Å². The van der Waals surface area contributed by atoms with E-state index in [0.717, 1.165) is 19.3 Å². The second-order valence-corrected chi connectivity index (χ2v) is 4.19. The van der Waals surface area contributed by atoms with Crippen LogP contribution in [0.4, 0.5) is 0 Å². The highest BCUT2D eigenvalue weighted by Crippen LogP contribution is 2.30. The lowest BCUT2D eigenvalue weighted by Crippen LogP contribution is -2.45. The monoisotopic (exact) mass is 232 g/mol. The molecule has 1 rings (SSSR count). The van der Waals surface area contributed by atoms with E-state index in [1.165, 1.54) is 7.11 Å². The van der Waals surface area contributed by atoms with Gasteiger partial charge >= 0.3 is 5.97 Å². The Morgan fingerprint density at radius 2 is 2.25 bits per heavy atom. The SMILES string of the molecule is COCC1(CC(OC)C(=O)O)CCCCO1. The zero-order chi connectivity index (χ0) is 12.0. The van der Waals surface area contributed by atoms with Gasteiger partial charge in [-0.3, -0.25) is 0 Å². The predicted molar refractivity (Wildman–Crippen MR) is 57.5 cm³/mol. The summed E-state index contributed by atoms with van der Waals surface area (Å²) in [5, 5.41) is 8.97. The van der Waals surface area contributed by atoms with Gasteiger partial charge in [0.2, 0.25) is 0 Å². The molecular formula is C11H20O5. The number of ether oxygens (including phenoxy) is 3. The number of carboxylic acids is 1. The van der Waals surface area contributed by atoms with E-state index in [1.54, 1.807) is 7.11 Å². The molecule has 1 fully saturated rings. The van der Waals surface area contributed by atoms with Crippen molar-refractivity contribution in [3.63, 3.8) is 0 Å². The van der Waals surface area contributed by atoms with Crippen molar-refractivity contribution in [3.8, 4) is 0 Å². The molecule has 2 atom stereocenters.